The van der Waals surface area contributed by atoms with E-state index in [1.54, 1.807) is 0 Å². The summed E-state index contributed by atoms with van der Waals surface area (Å²) in [5.74, 6) is 12.6. The Kier molecular flexibility index (Phi) is 9.84. The number of hydrogen-bond donors (Lipinski definition) is 2. The van der Waals surface area contributed by atoms with Gasteiger partial charge in [0.05, 0.1) is 6.54 Å². The standard InChI is InChI=1S/C26H32N4/c1-4-5-24-16-21(2)17-25(18-24)9-8-23-7-6-22(3)26(19-23)20-29-12-15-30(13-10-27)14-11-28/h6-7,16-20H,10-15,27-28H2,1-3H3/b29-20+. The third-order valence-corrected chi connectivity index (χ3v) is 4.64. The zero-order valence-corrected chi connectivity index (χ0v) is 18.3. The highest BCUT2D eigenvalue weighted by atomic mass is 15.1. The Bertz CT molecular complexity index is 978. The van der Waals surface area contributed by atoms with Crippen molar-refractivity contribution in [2.24, 2.45) is 16.5 Å². The van der Waals surface area contributed by atoms with Crippen LogP contribution in [0.4, 0.5) is 0 Å². The highest BCUT2D eigenvalue weighted by Gasteiger charge is 2.01. The maximum absolute atomic E-state index is 5.65. The van der Waals surface area contributed by atoms with Crippen molar-refractivity contribution in [2.75, 3.05) is 39.3 Å². The van der Waals surface area contributed by atoms with Gasteiger partial charge in [0.25, 0.3) is 0 Å². The minimum atomic E-state index is 0.636. The molecule has 0 atom stereocenters. The fraction of sp³-hybridized carbons (Fsp3) is 0.346. The summed E-state index contributed by atoms with van der Waals surface area (Å²) >= 11 is 0. The van der Waals surface area contributed by atoms with Crippen LogP contribution in [-0.2, 0) is 0 Å². The van der Waals surface area contributed by atoms with E-state index in [2.05, 4.69) is 71.7 Å². The molecule has 0 radical (unpaired) electrons. The van der Waals surface area contributed by atoms with Gasteiger partial charge >= 0.3 is 0 Å². The summed E-state index contributed by atoms with van der Waals surface area (Å²) in [6.07, 6.45) is 1.94. The average molecular weight is 401 g/mol. The average Bonchev–Trinajstić information content (AvgIpc) is 2.71. The molecule has 2 aromatic carbocycles. The minimum absolute atomic E-state index is 0.636. The number of aryl methyl sites for hydroxylation is 2. The van der Waals surface area contributed by atoms with E-state index in [0.717, 1.165) is 54.0 Å². The summed E-state index contributed by atoms with van der Waals surface area (Å²) in [5.41, 5.74) is 17.7. The zero-order chi connectivity index (χ0) is 21.8. The fourth-order valence-electron chi connectivity index (χ4n) is 3.14. The van der Waals surface area contributed by atoms with Crippen molar-refractivity contribution in [1.82, 2.24) is 4.90 Å². The molecule has 0 fully saturated rings. The molecule has 30 heavy (non-hydrogen) atoms. The first-order valence-electron chi connectivity index (χ1n) is 10.3. The Labute approximate surface area is 181 Å². The largest absolute Gasteiger partial charge is 0.329 e. The van der Waals surface area contributed by atoms with Crippen LogP contribution in [0.15, 0.2) is 41.4 Å². The van der Waals surface area contributed by atoms with Gasteiger partial charge in [-0.2, -0.15) is 0 Å². The lowest BCUT2D eigenvalue weighted by atomic mass is 10.0. The smallest absolute Gasteiger partial charge is 0.0517 e. The fourth-order valence-corrected chi connectivity index (χ4v) is 3.14. The molecule has 4 N–H and O–H groups in total. The molecule has 0 spiro atoms. The molecule has 156 valence electrons. The van der Waals surface area contributed by atoms with E-state index < -0.39 is 0 Å². The Hall–Kier alpha value is -2.89. The number of rotatable bonds is 8. The van der Waals surface area contributed by atoms with Gasteiger partial charge in [-0.25, -0.2) is 0 Å². The van der Waals surface area contributed by atoms with Crippen molar-refractivity contribution in [3.63, 3.8) is 0 Å². The van der Waals surface area contributed by atoms with Crippen molar-refractivity contribution < 1.29 is 0 Å². The lowest BCUT2D eigenvalue weighted by Crippen LogP contribution is -2.35. The van der Waals surface area contributed by atoms with Gasteiger partial charge in [0.15, 0.2) is 0 Å². The number of nitrogens with two attached hydrogens (primary N) is 2. The van der Waals surface area contributed by atoms with Crippen LogP contribution in [0.5, 0.6) is 0 Å². The topological polar surface area (TPSA) is 67.6 Å². The lowest BCUT2D eigenvalue weighted by Gasteiger charge is -2.19. The predicted molar refractivity (Wildman–Crippen MR) is 128 cm³/mol. The molecule has 0 unspecified atom stereocenters. The predicted octanol–water partition coefficient (Wildman–Crippen LogP) is 2.71. The summed E-state index contributed by atoms with van der Waals surface area (Å²) in [6, 6.07) is 12.4. The third-order valence-electron chi connectivity index (χ3n) is 4.64. The van der Waals surface area contributed by atoms with Crippen LogP contribution in [0.1, 0.15) is 40.3 Å². The van der Waals surface area contributed by atoms with Gasteiger partial charge in [-0.1, -0.05) is 23.8 Å². The van der Waals surface area contributed by atoms with Crippen molar-refractivity contribution in [2.45, 2.75) is 20.8 Å². The molecule has 0 amide bonds. The van der Waals surface area contributed by atoms with Gasteiger partial charge in [0, 0.05) is 55.6 Å². The molecule has 2 rings (SSSR count). The molecule has 0 aromatic heterocycles. The highest BCUT2D eigenvalue weighted by molar-refractivity contribution is 5.82. The van der Waals surface area contributed by atoms with Crippen LogP contribution >= 0.6 is 0 Å². The maximum atomic E-state index is 5.65. The molecule has 2 aromatic rings. The number of hydrogen-bond acceptors (Lipinski definition) is 4. The van der Waals surface area contributed by atoms with E-state index in [-0.39, 0.29) is 0 Å². The third kappa shape index (κ3) is 7.85. The summed E-state index contributed by atoms with van der Waals surface area (Å²) < 4.78 is 0. The summed E-state index contributed by atoms with van der Waals surface area (Å²) in [4.78, 5) is 6.84. The van der Waals surface area contributed by atoms with Crippen molar-refractivity contribution >= 4 is 6.21 Å². The Morgan fingerprint density at radius 1 is 0.867 bits per heavy atom. The molecule has 0 aliphatic carbocycles. The van der Waals surface area contributed by atoms with Gasteiger partial charge in [-0.05, 0) is 67.8 Å². The van der Waals surface area contributed by atoms with Gasteiger partial charge in [0.2, 0.25) is 0 Å². The molecule has 0 heterocycles. The van der Waals surface area contributed by atoms with Crippen molar-refractivity contribution in [3.05, 3.63) is 69.8 Å². The highest BCUT2D eigenvalue weighted by Crippen LogP contribution is 2.11. The normalized spacial score (nSPS) is 10.6. The van der Waals surface area contributed by atoms with E-state index in [0.29, 0.717) is 13.1 Å². The second-order valence-corrected chi connectivity index (χ2v) is 7.24. The summed E-state index contributed by atoms with van der Waals surface area (Å²) in [7, 11) is 0. The molecule has 4 heteroatoms. The first-order chi connectivity index (χ1) is 14.5. The monoisotopic (exact) mass is 400 g/mol. The van der Waals surface area contributed by atoms with E-state index in [1.807, 2.05) is 25.3 Å². The Balaban J connectivity index is 2.10. The first-order valence-corrected chi connectivity index (χ1v) is 10.3. The van der Waals surface area contributed by atoms with Crippen molar-refractivity contribution in [1.29, 1.82) is 0 Å². The van der Waals surface area contributed by atoms with E-state index >= 15 is 0 Å². The molecule has 0 saturated carbocycles. The van der Waals surface area contributed by atoms with Crippen LogP contribution in [0.3, 0.4) is 0 Å². The van der Waals surface area contributed by atoms with E-state index in [4.69, 9.17) is 11.5 Å². The van der Waals surface area contributed by atoms with E-state index in [9.17, 15) is 0 Å². The zero-order valence-electron chi connectivity index (χ0n) is 18.3. The second-order valence-electron chi connectivity index (χ2n) is 7.24. The summed E-state index contributed by atoms with van der Waals surface area (Å²) in [6.45, 7) is 10.5. The number of benzene rings is 2. The summed E-state index contributed by atoms with van der Waals surface area (Å²) in [5, 5.41) is 0. The molecule has 0 aliphatic rings. The SMILES string of the molecule is CC#Cc1cc(C)cc(C#Cc2ccc(C)c(/C=N/CCN(CCN)CCN)c2)c1. The van der Waals surface area contributed by atoms with Gasteiger partial charge in [0.1, 0.15) is 0 Å². The van der Waals surface area contributed by atoms with Crippen LogP contribution in [0.25, 0.3) is 0 Å². The minimum Gasteiger partial charge on any atom is -0.329 e. The molecular formula is C26H32N4. The quantitative estimate of drug-likeness (QED) is 0.529. The molecule has 0 bridgehead atoms. The van der Waals surface area contributed by atoms with Crippen LogP contribution in [0, 0.1) is 37.5 Å². The first kappa shape index (κ1) is 23.4. The lowest BCUT2D eigenvalue weighted by molar-refractivity contribution is 0.297. The number of aliphatic imine (C=N–C) groups is 1. The number of nitrogens with zero attached hydrogens (tertiary/aromatic N) is 2. The maximum Gasteiger partial charge on any atom is 0.0517 e. The molecular weight excluding hydrogens is 368 g/mol. The van der Waals surface area contributed by atoms with E-state index in [1.165, 1.54) is 5.56 Å². The van der Waals surface area contributed by atoms with Crippen LogP contribution in [-0.4, -0.2) is 50.4 Å². The molecule has 0 aliphatic heterocycles. The van der Waals surface area contributed by atoms with Crippen LogP contribution < -0.4 is 11.5 Å². The van der Waals surface area contributed by atoms with Crippen LogP contribution in [0.2, 0.25) is 0 Å². The Morgan fingerprint density at radius 2 is 1.53 bits per heavy atom. The van der Waals surface area contributed by atoms with Gasteiger partial charge in [-0.15, -0.1) is 5.92 Å². The molecule has 4 nitrogen and oxygen atoms in total. The van der Waals surface area contributed by atoms with Gasteiger partial charge < -0.3 is 11.5 Å². The van der Waals surface area contributed by atoms with Crippen molar-refractivity contribution in [3.8, 4) is 23.7 Å². The molecule has 0 saturated heterocycles. The Morgan fingerprint density at radius 3 is 2.20 bits per heavy atom. The second kappa shape index (κ2) is 12.6. The van der Waals surface area contributed by atoms with Gasteiger partial charge in [-0.3, -0.25) is 9.89 Å².